The molecule has 1 saturated carbocycles. The van der Waals surface area contributed by atoms with Gasteiger partial charge >= 0.3 is 0 Å². The molecule has 0 aromatic carbocycles. The van der Waals surface area contributed by atoms with Gasteiger partial charge in [0.05, 0.1) is 0 Å². The third-order valence-corrected chi connectivity index (χ3v) is 4.70. The Balaban J connectivity index is 1.74. The summed E-state index contributed by atoms with van der Waals surface area (Å²) >= 11 is 0. The van der Waals surface area contributed by atoms with Gasteiger partial charge in [-0.2, -0.15) is 0 Å². The van der Waals surface area contributed by atoms with Crippen molar-refractivity contribution in [2.24, 2.45) is 5.92 Å². The van der Waals surface area contributed by atoms with Crippen molar-refractivity contribution in [1.82, 2.24) is 10.2 Å². The highest BCUT2D eigenvalue weighted by atomic mass is 15.2. The number of rotatable bonds is 5. The quantitative estimate of drug-likeness (QED) is 0.772. The molecule has 2 fully saturated rings. The summed E-state index contributed by atoms with van der Waals surface area (Å²) in [6.45, 7) is 8.43. The van der Waals surface area contributed by atoms with E-state index in [-0.39, 0.29) is 0 Å². The van der Waals surface area contributed by atoms with Crippen molar-refractivity contribution in [2.75, 3.05) is 19.6 Å². The first kappa shape index (κ1) is 12.4. The van der Waals surface area contributed by atoms with Crippen LogP contribution < -0.4 is 5.32 Å². The molecule has 0 aromatic heterocycles. The Kier molecular flexibility index (Phi) is 4.66. The average molecular weight is 224 g/mol. The van der Waals surface area contributed by atoms with Crippen molar-refractivity contribution in [2.45, 2.75) is 64.5 Å². The maximum absolute atomic E-state index is 3.85. The molecule has 1 aliphatic heterocycles. The minimum atomic E-state index is 0.822. The largest absolute Gasteiger partial charge is 0.312 e. The number of likely N-dealkylation sites (tertiary alicyclic amines) is 1. The highest BCUT2D eigenvalue weighted by molar-refractivity contribution is 4.86. The summed E-state index contributed by atoms with van der Waals surface area (Å²) in [5.74, 6) is 0.955. The summed E-state index contributed by atoms with van der Waals surface area (Å²) in [5, 5.41) is 3.85. The van der Waals surface area contributed by atoms with Gasteiger partial charge in [-0.15, -0.1) is 0 Å². The van der Waals surface area contributed by atoms with Gasteiger partial charge in [-0.1, -0.05) is 26.7 Å². The van der Waals surface area contributed by atoms with E-state index in [9.17, 15) is 0 Å². The van der Waals surface area contributed by atoms with Crippen LogP contribution in [0.4, 0.5) is 0 Å². The Morgan fingerprint density at radius 2 is 2.00 bits per heavy atom. The standard InChI is InChI=1S/C14H28N2/c1-3-12-7-5-9-14(12)15-11-13-8-6-10-16(13)4-2/h12-15H,3-11H2,1-2H3. The van der Waals surface area contributed by atoms with E-state index in [1.54, 1.807) is 0 Å². The zero-order valence-corrected chi connectivity index (χ0v) is 11.0. The Morgan fingerprint density at radius 3 is 2.75 bits per heavy atom. The fraction of sp³-hybridized carbons (Fsp3) is 1.00. The second kappa shape index (κ2) is 6.02. The molecule has 94 valence electrons. The zero-order chi connectivity index (χ0) is 11.4. The molecular weight excluding hydrogens is 196 g/mol. The minimum Gasteiger partial charge on any atom is -0.312 e. The zero-order valence-electron chi connectivity index (χ0n) is 11.0. The molecule has 1 aliphatic carbocycles. The topological polar surface area (TPSA) is 15.3 Å². The van der Waals surface area contributed by atoms with Crippen molar-refractivity contribution in [3.63, 3.8) is 0 Å². The van der Waals surface area contributed by atoms with Crippen LogP contribution >= 0.6 is 0 Å². The van der Waals surface area contributed by atoms with Crippen LogP contribution in [0, 0.1) is 5.92 Å². The van der Waals surface area contributed by atoms with Gasteiger partial charge in [-0.25, -0.2) is 0 Å². The third kappa shape index (κ3) is 2.78. The minimum absolute atomic E-state index is 0.822. The van der Waals surface area contributed by atoms with Crippen molar-refractivity contribution >= 4 is 0 Å². The van der Waals surface area contributed by atoms with Gasteiger partial charge in [0.1, 0.15) is 0 Å². The molecule has 3 atom stereocenters. The number of hydrogen-bond acceptors (Lipinski definition) is 2. The first-order valence-electron chi connectivity index (χ1n) is 7.32. The monoisotopic (exact) mass is 224 g/mol. The normalized spacial score (nSPS) is 36.0. The van der Waals surface area contributed by atoms with E-state index < -0.39 is 0 Å². The summed E-state index contributed by atoms with van der Waals surface area (Å²) in [6, 6.07) is 1.65. The smallest absolute Gasteiger partial charge is 0.0221 e. The molecule has 2 nitrogen and oxygen atoms in total. The highest BCUT2D eigenvalue weighted by Gasteiger charge is 2.28. The van der Waals surface area contributed by atoms with E-state index >= 15 is 0 Å². The maximum Gasteiger partial charge on any atom is 0.0221 e. The highest BCUT2D eigenvalue weighted by Crippen LogP contribution is 2.28. The van der Waals surface area contributed by atoms with Crippen molar-refractivity contribution < 1.29 is 0 Å². The summed E-state index contributed by atoms with van der Waals surface area (Å²) in [6.07, 6.45) is 8.48. The van der Waals surface area contributed by atoms with Gasteiger partial charge < -0.3 is 5.32 Å². The molecule has 1 N–H and O–H groups in total. The van der Waals surface area contributed by atoms with Crippen LogP contribution in [0.2, 0.25) is 0 Å². The molecule has 0 spiro atoms. The van der Waals surface area contributed by atoms with Gasteiger partial charge in [-0.05, 0) is 44.7 Å². The van der Waals surface area contributed by atoms with Crippen LogP contribution in [-0.4, -0.2) is 36.6 Å². The Morgan fingerprint density at radius 1 is 1.12 bits per heavy atom. The molecule has 0 aromatic rings. The molecule has 2 aliphatic rings. The fourth-order valence-corrected chi connectivity index (χ4v) is 3.62. The Labute approximate surface area is 101 Å². The predicted octanol–water partition coefficient (Wildman–Crippen LogP) is 2.64. The molecule has 0 amide bonds. The van der Waals surface area contributed by atoms with Crippen LogP contribution in [0.25, 0.3) is 0 Å². The van der Waals surface area contributed by atoms with Crippen LogP contribution in [0.5, 0.6) is 0 Å². The molecule has 0 bridgehead atoms. The van der Waals surface area contributed by atoms with E-state index in [2.05, 4.69) is 24.1 Å². The van der Waals surface area contributed by atoms with E-state index in [0.29, 0.717) is 0 Å². The average Bonchev–Trinajstić information content (AvgIpc) is 2.94. The Bertz CT molecular complexity index is 183. The van der Waals surface area contributed by atoms with Gasteiger partial charge in [0.25, 0.3) is 0 Å². The first-order valence-corrected chi connectivity index (χ1v) is 7.32. The lowest BCUT2D eigenvalue weighted by Gasteiger charge is -2.26. The number of likely N-dealkylation sites (N-methyl/N-ethyl adjacent to an activating group) is 1. The second-order valence-electron chi connectivity index (χ2n) is 5.54. The molecular formula is C14H28N2. The van der Waals surface area contributed by atoms with Crippen molar-refractivity contribution in [1.29, 1.82) is 0 Å². The summed E-state index contributed by atoms with van der Waals surface area (Å²) < 4.78 is 0. The molecule has 16 heavy (non-hydrogen) atoms. The molecule has 3 unspecified atom stereocenters. The second-order valence-corrected chi connectivity index (χ2v) is 5.54. The van der Waals surface area contributed by atoms with Gasteiger partial charge in [0.2, 0.25) is 0 Å². The molecule has 2 heteroatoms. The van der Waals surface area contributed by atoms with Gasteiger partial charge in [-0.3, -0.25) is 4.90 Å². The molecule has 1 heterocycles. The molecule has 2 rings (SSSR count). The number of nitrogens with zero attached hydrogens (tertiary/aromatic N) is 1. The SMILES string of the molecule is CCC1CCCC1NCC1CCCN1CC. The van der Waals surface area contributed by atoms with E-state index in [4.69, 9.17) is 0 Å². The lowest BCUT2D eigenvalue weighted by molar-refractivity contribution is 0.246. The van der Waals surface area contributed by atoms with Crippen LogP contribution in [-0.2, 0) is 0 Å². The van der Waals surface area contributed by atoms with Crippen LogP contribution in [0.15, 0.2) is 0 Å². The lowest BCUT2D eigenvalue weighted by Crippen LogP contribution is -2.42. The summed E-state index contributed by atoms with van der Waals surface area (Å²) in [4.78, 5) is 2.64. The van der Waals surface area contributed by atoms with Crippen molar-refractivity contribution in [3.8, 4) is 0 Å². The predicted molar refractivity (Wildman–Crippen MR) is 69.7 cm³/mol. The fourth-order valence-electron chi connectivity index (χ4n) is 3.62. The lowest BCUT2D eigenvalue weighted by atomic mass is 10.0. The van der Waals surface area contributed by atoms with Gasteiger partial charge in [0, 0.05) is 18.6 Å². The summed E-state index contributed by atoms with van der Waals surface area (Å²) in [5.41, 5.74) is 0. The first-order chi connectivity index (χ1) is 7.85. The third-order valence-electron chi connectivity index (χ3n) is 4.70. The van der Waals surface area contributed by atoms with Gasteiger partial charge in [0.15, 0.2) is 0 Å². The van der Waals surface area contributed by atoms with Crippen LogP contribution in [0.3, 0.4) is 0 Å². The number of nitrogens with one attached hydrogen (secondary N) is 1. The maximum atomic E-state index is 3.85. The summed E-state index contributed by atoms with van der Waals surface area (Å²) in [7, 11) is 0. The Hall–Kier alpha value is -0.0800. The number of hydrogen-bond donors (Lipinski definition) is 1. The van der Waals surface area contributed by atoms with Crippen molar-refractivity contribution in [3.05, 3.63) is 0 Å². The van der Waals surface area contributed by atoms with Crippen LogP contribution in [0.1, 0.15) is 52.4 Å². The van der Waals surface area contributed by atoms with E-state index in [0.717, 1.165) is 18.0 Å². The molecule has 1 saturated heterocycles. The van der Waals surface area contributed by atoms with E-state index in [1.165, 1.54) is 58.2 Å². The van der Waals surface area contributed by atoms with E-state index in [1.807, 2.05) is 0 Å². The molecule has 0 radical (unpaired) electrons.